The molecule has 7 heteroatoms. The number of carboxylic acids is 1. The maximum Gasteiger partial charge on any atom is 0.305 e. The van der Waals surface area contributed by atoms with Crippen molar-refractivity contribution in [1.82, 2.24) is 4.90 Å². The summed E-state index contributed by atoms with van der Waals surface area (Å²) in [5.74, 6) is 0.0825. The molecular formula is C23H28N2O5. The number of carbonyl (C=O) groups is 2. The van der Waals surface area contributed by atoms with Crippen molar-refractivity contribution >= 4 is 17.6 Å². The lowest BCUT2D eigenvalue weighted by Crippen LogP contribution is -2.41. The number of aryl methyl sites for hydroxylation is 2. The van der Waals surface area contributed by atoms with E-state index in [9.17, 15) is 14.7 Å². The molecule has 1 aliphatic rings. The molecule has 160 valence electrons. The van der Waals surface area contributed by atoms with Crippen LogP contribution in [0.25, 0.3) is 0 Å². The number of nitrogens with zero attached hydrogens (tertiary/aromatic N) is 1. The molecule has 2 N–H and O–H groups in total. The third-order valence-corrected chi connectivity index (χ3v) is 5.62. The molecule has 0 radical (unpaired) electrons. The van der Waals surface area contributed by atoms with Crippen molar-refractivity contribution in [2.75, 3.05) is 32.6 Å². The van der Waals surface area contributed by atoms with Crippen molar-refractivity contribution in [2.45, 2.75) is 32.7 Å². The van der Waals surface area contributed by atoms with E-state index in [0.29, 0.717) is 24.5 Å². The number of fused-ring (bicyclic) bond motifs is 1. The molecule has 0 saturated heterocycles. The van der Waals surface area contributed by atoms with Gasteiger partial charge >= 0.3 is 5.97 Å². The minimum atomic E-state index is -0.915. The molecule has 1 heterocycles. The van der Waals surface area contributed by atoms with Gasteiger partial charge in [-0.05, 0) is 66.8 Å². The lowest BCUT2D eigenvalue weighted by atomic mass is 9.90. The fourth-order valence-electron chi connectivity index (χ4n) is 3.88. The molecule has 0 aromatic heterocycles. The Balaban J connectivity index is 1.82. The topological polar surface area (TPSA) is 88.1 Å². The van der Waals surface area contributed by atoms with E-state index in [1.807, 2.05) is 49.1 Å². The van der Waals surface area contributed by atoms with Crippen molar-refractivity contribution in [3.8, 4) is 11.5 Å². The molecule has 30 heavy (non-hydrogen) atoms. The zero-order valence-electron chi connectivity index (χ0n) is 17.8. The first kappa shape index (κ1) is 21.6. The van der Waals surface area contributed by atoms with Crippen LogP contribution < -0.4 is 14.8 Å². The number of nitrogens with one attached hydrogen (secondary N) is 1. The van der Waals surface area contributed by atoms with Crippen LogP contribution in [0.2, 0.25) is 0 Å². The molecule has 0 spiro atoms. The summed E-state index contributed by atoms with van der Waals surface area (Å²) in [5, 5.41) is 12.4. The molecular weight excluding hydrogens is 384 g/mol. The Morgan fingerprint density at radius 2 is 1.80 bits per heavy atom. The second kappa shape index (κ2) is 9.17. The van der Waals surface area contributed by atoms with Crippen LogP contribution in [0.15, 0.2) is 30.3 Å². The number of hydrogen-bond acceptors (Lipinski definition) is 5. The van der Waals surface area contributed by atoms with Crippen molar-refractivity contribution in [2.24, 2.45) is 0 Å². The lowest BCUT2D eigenvalue weighted by molar-refractivity contribution is -0.139. The predicted octanol–water partition coefficient (Wildman–Crippen LogP) is 3.33. The molecule has 1 amide bonds. The zero-order valence-corrected chi connectivity index (χ0v) is 17.8. The van der Waals surface area contributed by atoms with Gasteiger partial charge in [0.1, 0.15) is 0 Å². The highest BCUT2D eigenvalue weighted by molar-refractivity contribution is 5.92. The Morgan fingerprint density at radius 3 is 2.43 bits per heavy atom. The lowest BCUT2D eigenvalue weighted by Gasteiger charge is -2.36. The fraction of sp³-hybridized carbons (Fsp3) is 0.391. The van der Waals surface area contributed by atoms with Gasteiger partial charge in [0, 0.05) is 18.3 Å². The van der Waals surface area contributed by atoms with Crippen molar-refractivity contribution in [1.29, 1.82) is 0 Å². The standard InChI is InChI=1S/C23H28N2O5/c1-14-5-6-17(9-15(14)2)24-22(26)13-25-8-7-16-10-20(29-3)21(30-4)11-18(16)19(25)12-23(27)28/h5-6,9-11,19H,7-8,12-13H2,1-4H3,(H,24,26)(H,27,28)/t19-/m0/s1. The smallest absolute Gasteiger partial charge is 0.305 e. The summed E-state index contributed by atoms with van der Waals surface area (Å²) in [5.41, 5.74) is 4.88. The van der Waals surface area contributed by atoms with Gasteiger partial charge < -0.3 is 19.9 Å². The van der Waals surface area contributed by atoms with E-state index in [0.717, 1.165) is 27.9 Å². The molecule has 1 aliphatic heterocycles. The fourth-order valence-corrected chi connectivity index (χ4v) is 3.88. The Morgan fingerprint density at radius 1 is 1.10 bits per heavy atom. The van der Waals surface area contributed by atoms with Crippen LogP contribution in [0, 0.1) is 13.8 Å². The number of rotatable bonds is 7. The Kier molecular flexibility index (Phi) is 6.62. The average molecular weight is 412 g/mol. The van der Waals surface area contributed by atoms with Crippen molar-refractivity contribution < 1.29 is 24.2 Å². The van der Waals surface area contributed by atoms with Gasteiger partial charge in [0.25, 0.3) is 0 Å². The van der Waals surface area contributed by atoms with Gasteiger partial charge in [-0.15, -0.1) is 0 Å². The third kappa shape index (κ3) is 4.74. The second-order valence-electron chi connectivity index (χ2n) is 7.59. The number of methoxy groups -OCH3 is 2. The van der Waals surface area contributed by atoms with E-state index in [-0.39, 0.29) is 18.9 Å². The Labute approximate surface area is 176 Å². The number of ether oxygens (including phenoxy) is 2. The number of aliphatic carboxylic acids is 1. The minimum Gasteiger partial charge on any atom is -0.493 e. The summed E-state index contributed by atoms with van der Waals surface area (Å²) in [6.45, 7) is 4.71. The molecule has 7 nitrogen and oxygen atoms in total. The molecule has 0 unspecified atom stereocenters. The first-order valence-corrected chi connectivity index (χ1v) is 9.90. The van der Waals surface area contributed by atoms with E-state index in [4.69, 9.17) is 9.47 Å². The van der Waals surface area contributed by atoms with Gasteiger partial charge in [0.15, 0.2) is 11.5 Å². The average Bonchev–Trinajstić information content (AvgIpc) is 2.71. The van der Waals surface area contributed by atoms with Crippen molar-refractivity contribution in [3.63, 3.8) is 0 Å². The molecule has 2 aromatic rings. The molecule has 0 saturated carbocycles. The summed E-state index contributed by atoms with van der Waals surface area (Å²) < 4.78 is 10.8. The minimum absolute atomic E-state index is 0.0978. The summed E-state index contributed by atoms with van der Waals surface area (Å²) >= 11 is 0. The number of carbonyl (C=O) groups excluding carboxylic acids is 1. The summed E-state index contributed by atoms with van der Waals surface area (Å²) in [6.07, 6.45) is 0.599. The van der Waals surface area contributed by atoms with Crippen LogP contribution in [0.5, 0.6) is 11.5 Å². The van der Waals surface area contributed by atoms with Gasteiger partial charge in [-0.2, -0.15) is 0 Å². The number of hydrogen-bond donors (Lipinski definition) is 2. The number of benzene rings is 2. The zero-order chi connectivity index (χ0) is 21.8. The van der Waals surface area contributed by atoms with Gasteiger partial charge in [-0.25, -0.2) is 0 Å². The number of amides is 1. The van der Waals surface area contributed by atoms with Gasteiger partial charge in [0.2, 0.25) is 5.91 Å². The van der Waals surface area contributed by atoms with Crippen LogP contribution in [0.1, 0.15) is 34.7 Å². The molecule has 0 aliphatic carbocycles. The quantitative estimate of drug-likeness (QED) is 0.725. The number of carboxylic acid groups (broad SMARTS) is 1. The Bertz CT molecular complexity index is 957. The van der Waals surface area contributed by atoms with E-state index in [2.05, 4.69) is 5.32 Å². The Hall–Kier alpha value is -3.06. The normalized spacial score (nSPS) is 15.9. The molecule has 0 fully saturated rings. The summed E-state index contributed by atoms with van der Waals surface area (Å²) in [7, 11) is 3.12. The predicted molar refractivity (Wildman–Crippen MR) is 114 cm³/mol. The van der Waals surface area contributed by atoms with Crippen LogP contribution in [0.4, 0.5) is 5.69 Å². The highest BCUT2D eigenvalue weighted by Crippen LogP contribution is 2.39. The molecule has 1 atom stereocenters. The van der Waals surface area contributed by atoms with Crippen molar-refractivity contribution in [3.05, 3.63) is 52.6 Å². The van der Waals surface area contributed by atoms with Crippen LogP contribution in [-0.2, 0) is 16.0 Å². The first-order valence-electron chi connectivity index (χ1n) is 9.90. The van der Waals surface area contributed by atoms with Gasteiger partial charge in [0.05, 0.1) is 27.2 Å². The molecule has 0 bridgehead atoms. The third-order valence-electron chi connectivity index (χ3n) is 5.62. The van der Waals surface area contributed by atoms with E-state index in [1.54, 1.807) is 14.2 Å². The highest BCUT2D eigenvalue weighted by Gasteiger charge is 2.32. The van der Waals surface area contributed by atoms with Crippen LogP contribution >= 0.6 is 0 Å². The monoisotopic (exact) mass is 412 g/mol. The van der Waals surface area contributed by atoms with Gasteiger partial charge in [-0.3, -0.25) is 14.5 Å². The van der Waals surface area contributed by atoms with Gasteiger partial charge in [-0.1, -0.05) is 6.07 Å². The largest absolute Gasteiger partial charge is 0.493 e. The highest BCUT2D eigenvalue weighted by atomic mass is 16.5. The number of anilines is 1. The molecule has 3 rings (SSSR count). The first-order chi connectivity index (χ1) is 14.3. The maximum atomic E-state index is 12.7. The van der Waals surface area contributed by atoms with E-state index in [1.165, 1.54) is 0 Å². The maximum absolute atomic E-state index is 12.7. The SMILES string of the molecule is COc1cc2c(cc1OC)[C@H](CC(=O)O)N(CC(=O)Nc1ccc(C)c(C)c1)CC2. The summed E-state index contributed by atoms with van der Waals surface area (Å²) in [4.78, 5) is 26.2. The van der Waals surface area contributed by atoms with Crippen LogP contribution in [0.3, 0.4) is 0 Å². The second-order valence-corrected chi connectivity index (χ2v) is 7.59. The van der Waals surface area contributed by atoms with E-state index < -0.39 is 12.0 Å². The molecule has 2 aromatic carbocycles. The van der Waals surface area contributed by atoms with Crippen LogP contribution in [-0.4, -0.2) is 49.2 Å². The summed E-state index contributed by atoms with van der Waals surface area (Å²) in [6, 6.07) is 9.08. The van der Waals surface area contributed by atoms with E-state index >= 15 is 0 Å².